The molecule has 0 radical (unpaired) electrons. The largest absolute Gasteiger partial charge is 0.318 e. The van der Waals surface area contributed by atoms with Crippen LogP contribution in [0.25, 0.3) is 11.4 Å². The van der Waals surface area contributed by atoms with Gasteiger partial charge in [-0.1, -0.05) is 31.2 Å². The van der Waals surface area contributed by atoms with E-state index in [-0.39, 0.29) is 0 Å². The van der Waals surface area contributed by atoms with Crippen molar-refractivity contribution in [2.45, 2.75) is 13.3 Å². The van der Waals surface area contributed by atoms with Crippen LogP contribution < -0.4 is 0 Å². The van der Waals surface area contributed by atoms with Gasteiger partial charge in [-0.05, 0) is 27.9 Å². The number of nitriles is 1. The van der Waals surface area contributed by atoms with Crippen molar-refractivity contribution in [1.82, 2.24) is 9.55 Å². The third-order valence-corrected chi connectivity index (χ3v) is 3.33. The van der Waals surface area contributed by atoms with Gasteiger partial charge in [-0.25, -0.2) is 4.98 Å². The molecule has 0 aliphatic heterocycles. The summed E-state index contributed by atoms with van der Waals surface area (Å²) in [6.45, 7) is 2.13. The number of hydrogen-bond donors (Lipinski definition) is 0. The fourth-order valence-corrected chi connectivity index (χ4v) is 2.26. The van der Waals surface area contributed by atoms with Crippen LogP contribution in [-0.2, 0) is 13.5 Å². The average molecular weight is 290 g/mol. The second kappa shape index (κ2) is 4.72. The van der Waals surface area contributed by atoms with Crippen LogP contribution >= 0.6 is 15.9 Å². The Hall–Kier alpha value is -1.60. The van der Waals surface area contributed by atoms with Crippen LogP contribution in [0.4, 0.5) is 0 Å². The van der Waals surface area contributed by atoms with E-state index < -0.39 is 0 Å². The van der Waals surface area contributed by atoms with Crippen molar-refractivity contribution in [3.8, 4) is 17.5 Å². The maximum Gasteiger partial charge on any atom is 0.154 e. The van der Waals surface area contributed by atoms with Gasteiger partial charge in [0.2, 0.25) is 0 Å². The lowest BCUT2D eigenvalue weighted by atomic mass is 10.1. The Morgan fingerprint density at radius 2 is 2.00 bits per heavy atom. The predicted octanol–water partition coefficient (Wildman–Crippen LogP) is 3.28. The minimum atomic E-state index is 0.541. The van der Waals surface area contributed by atoms with Crippen molar-refractivity contribution < 1.29 is 0 Å². The highest BCUT2D eigenvalue weighted by atomic mass is 79.9. The average Bonchev–Trinajstić information content (AvgIpc) is 2.64. The third kappa shape index (κ3) is 2.11. The van der Waals surface area contributed by atoms with E-state index in [2.05, 4.69) is 46.0 Å². The van der Waals surface area contributed by atoms with Gasteiger partial charge in [0, 0.05) is 12.6 Å². The summed E-state index contributed by atoms with van der Waals surface area (Å²) in [6, 6.07) is 10.4. The smallest absolute Gasteiger partial charge is 0.154 e. The summed E-state index contributed by atoms with van der Waals surface area (Å²) >= 11 is 3.30. The van der Waals surface area contributed by atoms with Crippen molar-refractivity contribution in [3.05, 3.63) is 40.1 Å². The lowest BCUT2D eigenvalue weighted by Crippen LogP contribution is -1.95. The predicted molar refractivity (Wildman–Crippen MR) is 70.4 cm³/mol. The van der Waals surface area contributed by atoms with Gasteiger partial charge in [-0.3, -0.25) is 0 Å². The Labute approximate surface area is 109 Å². The molecule has 86 valence electrons. The molecule has 0 fully saturated rings. The summed E-state index contributed by atoms with van der Waals surface area (Å²) in [4.78, 5) is 4.36. The molecule has 4 heteroatoms. The van der Waals surface area contributed by atoms with Crippen LogP contribution in [0.3, 0.4) is 0 Å². The molecule has 0 atom stereocenters. The van der Waals surface area contributed by atoms with E-state index in [1.807, 2.05) is 19.2 Å². The summed E-state index contributed by atoms with van der Waals surface area (Å²) in [6.07, 6.45) is 1.02. The van der Waals surface area contributed by atoms with Crippen LogP contribution in [0, 0.1) is 11.3 Å². The summed E-state index contributed by atoms with van der Waals surface area (Å²) in [7, 11) is 1.85. The molecule has 3 nitrogen and oxygen atoms in total. The number of benzene rings is 1. The Bertz CT molecular complexity index is 576. The van der Waals surface area contributed by atoms with Gasteiger partial charge in [0.25, 0.3) is 0 Å². The Morgan fingerprint density at radius 1 is 1.35 bits per heavy atom. The lowest BCUT2D eigenvalue weighted by Gasteiger charge is -2.03. The normalized spacial score (nSPS) is 10.2. The van der Waals surface area contributed by atoms with Crippen molar-refractivity contribution in [1.29, 1.82) is 5.26 Å². The molecule has 0 amide bonds. The van der Waals surface area contributed by atoms with Gasteiger partial charge in [0.1, 0.15) is 16.5 Å². The monoisotopic (exact) mass is 289 g/mol. The Morgan fingerprint density at radius 3 is 2.47 bits per heavy atom. The van der Waals surface area contributed by atoms with Gasteiger partial charge < -0.3 is 4.57 Å². The molecule has 0 aliphatic carbocycles. The van der Waals surface area contributed by atoms with Crippen LogP contribution in [0.15, 0.2) is 28.9 Å². The number of aryl methyl sites for hydroxylation is 1. The summed E-state index contributed by atoms with van der Waals surface area (Å²) < 4.78 is 2.39. The first-order chi connectivity index (χ1) is 8.17. The molecule has 1 heterocycles. The molecule has 2 rings (SSSR count). The lowest BCUT2D eigenvalue weighted by molar-refractivity contribution is 0.906. The highest BCUT2D eigenvalue weighted by Gasteiger charge is 2.13. The zero-order chi connectivity index (χ0) is 12.4. The fraction of sp³-hybridized carbons (Fsp3) is 0.231. The molecule has 0 N–H and O–H groups in total. The van der Waals surface area contributed by atoms with Crippen LogP contribution in [0.2, 0.25) is 0 Å². The maximum absolute atomic E-state index is 9.00. The zero-order valence-electron chi connectivity index (χ0n) is 9.74. The van der Waals surface area contributed by atoms with Gasteiger partial charge in [0.15, 0.2) is 5.69 Å². The minimum absolute atomic E-state index is 0.541. The van der Waals surface area contributed by atoms with Gasteiger partial charge in [-0.2, -0.15) is 5.26 Å². The van der Waals surface area contributed by atoms with Gasteiger partial charge in [-0.15, -0.1) is 0 Å². The standard InChI is InChI=1S/C13H12BrN3/c1-3-9-4-6-10(7-5-9)13-16-12(14)11(8-15)17(13)2/h4-7H,3H2,1-2H3. The molecule has 0 saturated carbocycles. The van der Waals surface area contributed by atoms with Crippen LogP contribution in [0.5, 0.6) is 0 Å². The molecule has 2 aromatic rings. The first-order valence-corrected chi connectivity index (χ1v) is 6.18. The van der Waals surface area contributed by atoms with E-state index in [1.165, 1.54) is 5.56 Å². The van der Waals surface area contributed by atoms with E-state index in [1.54, 1.807) is 4.57 Å². The topological polar surface area (TPSA) is 41.6 Å². The molecule has 0 saturated heterocycles. The van der Waals surface area contributed by atoms with Crippen LogP contribution in [0.1, 0.15) is 18.2 Å². The second-order valence-corrected chi connectivity index (χ2v) is 4.55. The van der Waals surface area contributed by atoms with E-state index in [9.17, 15) is 0 Å². The number of nitrogens with zero attached hydrogens (tertiary/aromatic N) is 3. The quantitative estimate of drug-likeness (QED) is 0.851. The highest BCUT2D eigenvalue weighted by Crippen LogP contribution is 2.24. The summed E-state index contributed by atoms with van der Waals surface area (Å²) in [5, 5.41) is 9.00. The summed E-state index contributed by atoms with van der Waals surface area (Å²) in [5.74, 6) is 0.802. The molecule has 0 spiro atoms. The second-order valence-electron chi connectivity index (χ2n) is 3.80. The molecule has 1 aromatic heterocycles. The van der Waals surface area contributed by atoms with E-state index >= 15 is 0 Å². The molecule has 0 unspecified atom stereocenters. The van der Waals surface area contributed by atoms with E-state index in [4.69, 9.17) is 5.26 Å². The zero-order valence-corrected chi connectivity index (χ0v) is 11.3. The van der Waals surface area contributed by atoms with E-state index in [0.29, 0.717) is 10.3 Å². The van der Waals surface area contributed by atoms with Gasteiger partial charge >= 0.3 is 0 Å². The Balaban J connectivity index is 2.50. The molecule has 1 aromatic carbocycles. The maximum atomic E-state index is 9.00. The highest BCUT2D eigenvalue weighted by molar-refractivity contribution is 9.10. The van der Waals surface area contributed by atoms with Crippen molar-refractivity contribution >= 4 is 15.9 Å². The van der Waals surface area contributed by atoms with Crippen LogP contribution in [-0.4, -0.2) is 9.55 Å². The van der Waals surface area contributed by atoms with Gasteiger partial charge in [0.05, 0.1) is 0 Å². The van der Waals surface area contributed by atoms with Crippen molar-refractivity contribution in [3.63, 3.8) is 0 Å². The number of hydrogen-bond acceptors (Lipinski definition) is 2. The number of imidazole rings is 1. The number of aromatic nitrogens is 2. The molecule has 0 aliphatic rings. The van der Waals surface area contributed by atoms with E-state index in [0.717, 1.165) is 17.8 Å². The number of rotatable bonds is 2. The summed E-state index contributed by atoms with van der Waals surface area (Å²) in [5.41, 5.74) is 2.86. The first-order valence-electron chi connectivity index (χ1n) is 5.39. The number of halogens is 1. The SMILES string of the molecule is CCc1ccc(-c2nc(Br)c(C#N)n2C)cc1. The van der Waals surface area contributed by atoms with Crippen molar-refractivity contribution in [2.75, 3.05) is 0 Å². The molecule has 0 bridgehead atoms. The minimum Gasteiger partial charge on any atom is -0.318 e. The van der Waals surface area contributed by atoms with Crippen molar-refractivity contribution in [2.24, 2.45) is 7.05 Å². The molecular weight excluding hydrogens is 278 g/mol. The molecule has 17 heavy (non-hydrogen) atoms. The first kappa shape index (κ1) is 11.9. The fourth-order valence-electron chi connectivity index (χ4n) is 1.73. The molecular formula is C13H12BrN3. The Kier molecular flexibility index (Phi) is 3.30. The third-order valence-electron chi connectivity index (χ3n) is 2.78.